The highest BCUT2D eigenvalue weighted by molar-refractivity contribution is 7.98. The summed E-state index contributed by atoms with van der Waals surface area (Å²) in [5.41, 5.74) is 1.13. The summed E-state index contributed by atoms with van der Waals surface area (Å²) in [4.78, 5) is 4.15. The van der Waals surface area contributed by atoms with Gasteiger partial charge in [-0.2, -0.15) is 5.26 Å². The maximum atomic E-state index is 13.2. The van der Waals surface area contributed by atoms with Gasteiger partial charge >= 0.3 is 0 Å². The number of nitriles is 1. The lowest BCUT2D eigenvalue weighted by atomic mass is 10.2. The van der Waals surface area contributed by atoms with Crippen molar-refractivity contribution in [2.75, 3.05) is 7.11 Å². The second-order valence-corrected chi connectivity index (χ2v) is 4.71. The quantitative estimate of drug-likeness (QED) is 0.802. The van der Waals surface area contributed by atoms with E-state index in [0.29, 0.717) is 17.2 Å². The average Bonchev–Trinajstić information content (AvgIpc) is 2.45. The summed E-state index contributed by atoms with van der Waals surface area (Å²) in [6.07, 6.45) is 0. The zero-order chi connectivity index (χ0) is 13.7. The second-order valence-electron chi connectivity index (χ2n) is 3.72. The van der Waals surface area contributed by atoms with Gasteiger partial charge in [-0.25, -0.2) is 9.37 Å². The molecule has 0 amide bonds. The molecule has 1 heterocycles. The highest BCUT2D eigenvalue weighted by Gasteiger charge is 2.06. The van der Waals surface area contributed by atoms with E-state index in [1.165, 1.54) is 23.9 Å². The molecule has 0 bridgehead atoms. The molecule has 0 N–H and O–H groups in total. The SMILES string of the molecule is COc1ccc(F)cc1CSc1cccc(C#N)n1. The van der Waals surface area contributed by atoms with Gasteiger partial charge in [0, 0.05) is 11.3 Å². The Hall–Kier alpha value is -2.06. The summed E-state index contributed by atoms with van der Waals surface area (Å²) in [5, 5.41) is 9.50. The van der Waals surface area contributed by atoms with Crippen molar-refractivity contribution in [3.63, 3.8) is 0 Å². The van der Waals surface area contributed by atoms with Crippen molar-refractivity contribution in [2.24, 2.45) is 0 Å². The highest BCUT2D eigenvalue weighted by Crippen LogP contribution is 2.27. The van der Waals surface area contributed by atoms with Gasteiger partial charge in [-0.1, -0.05) is 6.07 Å². The van der Waals surface area contributed by atoms with Crippen molar-refractivity contribution >= 4 is 11.8 Å². The number of rotatable bonds is 4. The number of aromatic nitrogens is 1. The van der Waals surface area contributed by atoms with E-state index < -0.39 is 0 Å². The predicted molar refractivity (Wildman–Crippen MR) is 71.5 cm³/mol. The molecule has 2 aromatic rings. The van der Waals surface area contributed by atoms with Gasteiger partial charge in [-0.3, -0.25) is 0 Å². The lowest BCUT2D eigenvalue weighted by Crippen LogP contribution is -1.92. The van der Waals surface area contributed by atoms with Gasteiger partial charge in [0.25, 0.3) is 0 Å². The van der Waals surface area contributed by atoms with Gasteiger partial charge in [0.1, 0.15) is 23.3 Å². The molecule has 0 aliphatic carbocycles. The van der Waals surface area contributed by atoms with Crippen LogP contribution < -0.4 is 4.74 Å². The van der Waals surface area contributed by atoms with E-state index in [4.69, 9.17) is 10.00 Å². The van der Waals surface area contributed by atoms with Crippen LogP contribution >= 0.6 is 11.8 Å². The van der Waals surface area contributed by atoms with Gasteiger partial charge in [0.2, 0.25) is 0 Å². The lowest BCUT2D eigenvalue weighted by molar-refractivity contribution is 0.410. The average molecular weight is 274 g/mol. The molecule has 1 aromatic heterocycles. The van der Waals surface area contributed by atoms with Crippen LogP contribution in [0.25, 0.3) is 0 Å². The minimum absolute atomic E-state index is 0.296. The standard InChI is InChI=1S/C14H11FN2OS/c1-18-13-6-5-11(15)7-10(13)9-19-14-4-2-3-12(8-16)17-14/h2-7H,9H2,1H3. The molecule has 5 heteroatoms. The summed E-state index contributed by atoms with van der Waals surface area (Å²) in [6.45, 7) is 0. The minimum Gasteiger partial charge on any atom is -0.496 e. The van der Waals surface area contributed by atoms with Crippen LogP contribution in [0.3, 0.4) is 0 Å². The molecule has 2 rings (SSSR count). The van der Waals surface area contributed by atoms with Gasteiger partial charge < -0.3 is 4.74 Å². The Morgan fingerprint density at radius 1 is 1.37 bits per heavy atom. The van der Waals surface area contributed by atoms with Crippen molar-refractivity contribution < 1.29 is 9.13 Å². The summed E-state index contributed by atoms with van der Waals surface area (Å²) >= 11 is 1.43. The fourth-order valence-corrected chi connectivity index (χ4v) is 2.44. The smallest absolute Gasteiger partial charge is 0.141 e. The molecule has 0 fully saturated rings. The molecule has 1 aromatic carbocycles. The Labute approximate surface area is 115 Å². The van der Waals surface area contributed by atoms with E-state index in [9.17, 15) is 4.39 Å². The molecule has 0 radical (unpaired) electrons. The number of ether oxygens (including phenoxy) is 1. The van der Waals surface area contributed by atoms with Crippen LogP contribution in [0, 0.1) is 17.1 Å². The number of thioether (sulfide) groups is 1. The minimum atomic E-state index is -0.296. The summed E-state index contributed by atoms with van der Waals surface area (Å²) in [5.74, 6) is 0.878. The zero-order valence-corrected chi connectivity index (χ0v) is 11.1. The van der Waals surface area contributed by atoms with Crippen LogP contribution in [0.2, 0.25) is 0 Å². The van der Waals surface area contributed by atoms with Crippen molar-refractivity contribution in [3.05, 3.63) is 53.5 Å². The number of benzene rings is 1. The third kappa shape index (κ3) is 3.46. The van der Waals surface area contributed by atoms with Crippen molar-refractivity contribution in [1.82, 2.24) is 4.98 Å². The molecule has 0 saturated heterocycles. The molecule has 0 aliphatic rings. The first-order valence-corrected chi connectivity index (χ1v) is 6.54. The normalized spacial score (nSPS) is 9.95. The topological polar surface area (TPSA) is 45.9 Å². The largest absolute Gasteiger partial charge is 0.496 e. The number of nitrogens with zero attached hydrogens (tertiary/aromatic N) is 2. The summed E-state index contributed by atoms with van der Waals surface area (Å²) in [7, 11) is 1.55. The van der Waals surface area contributed by atoms with Crippen molar-refractivity contribution in [1.29, 1.82) is 5.26 Å². The van der Waals surface area contributed by atoms with Crippen LogP contribution in [0.4, 0.5) is 4.39 Å². The van der Waals surface area contributed by atoms with Gasteiger partial charge in [0.05, 0.1) is 12.1 Å². The fraction of sp³-hybridized carbons (Fsp3) is 0.143. The highest BCUT2D eigenvalue weighted by atomic mass is 32.2. The Kier molecular flexibility index (Phi) is 4.37. The van der Waals surface area contributed by atoms with E-state index >= 15 is 0 Å². The monoisotopic (exact) mass is 274 g/mol. The van der Waals surface area contributed by atoms with Crippen LogP contribution in [0.5, 0.6) is 5.75 Å². The summed E-state index contributed by atoms with van der Waals surface area (Å²) in [6, 6.07) is 11.6. The van der Waals surface area contributed by atoms with Crippen LogP contribution in [0.15, 0.2) is 41.4 Å². The number of halogens is 1. The first-order valence-electron chi connectivity index (χ1n) is 5.55. The molecule has 96 valence electrons. The van der Waals surface area contributed by atoms with E-state index in [0.717, 1.165) is 10.6 Å². The lowest BCUT2D eigenvalue weighted by Gasteiger charge is -2.08. The van der Waals surface area contributed by atoms with Crippen LogP contribution in [0.1, 0.15) is 11.3 Å². The molecule has 0 saturated carbocycles. The summed E-state index contributed by atoms with van der Waals surface area (Å²) < 4.78 is 18.4. The van der Waals surface area contributed by atoms with Gasteiger partial charge in [-0.05, 0) is 30.3 Å². The molecule has 0 unspecified atom stereocenters. The Balaban J connectivity index is 2.14. The molecule has 0 atom stereocenters. The molecule has 0 spiro atoms. The maximum absolute atomic E-state index is 13.2. The number of hydrogen-bond acceptors (Lipinski definition) is 4. The first-order chi connectivity index (χ1) is 9.22. The van der Waals surface area contributed by atoms with Crippen molar-refractivity contribution in [3.8, 4) is 11.8 Å². The fourth-order valence-electron chi connectivity index (χ4n) is 1.57. The molecule has 19 heavy (non-hydrogen) atoms. The first kappa shape index (κ1) is 13.4. The van der Waals surface area contributed by atoms with E-state index in [1.807, 2.05) is 12.1 Å². The van der Waals surface area contributed by atoms with E-state index in [1.54, 1.807) is 25.3 Å². The number of hydrogen-bond donors (Lipinski definition) is 0. The third-order valence-corrected chi connectivity index (χ3v) is 3.43. The Bertz CT molecular complexity index is 625. The number of pyridine rings is 1. The van der Waals surface area contributed by atoms with E-state index in [-0.39, 0.29) is 5.82 Å². The van der Waals surface area contributed by atoms with Crippen LogP contribution in [-0.2, 0) is 5.75 Å². The maximum Gasteiger partial charge on any atom is 0.141 e. The van der Waals surface area contributed by atoms with Crippen molar-refractivity contribution in [2.45, 2.75) is 10.8 Å². The van der Waals surface area contributed by atoms with Gasteiger partial charge in [-0.15, -0.1) is 11.8 Å². The second kappa shape index (κ2) is 6.21. The number of methoxy groups -OCH3 is 1. The molecular formula is C14H11FN2OS. The predicted octanol–water partition coefficient (Wildman–Crippen LogP) is 3.39. The van der Waals surface area contributed by atoms with Gasteiger partial charge in [0.15, 0.2) is 0 Å². The van der Waals surface area contributed by atoms with E-state index in [2.05, 4.69) is 4.98 Å². The van der Waals surface area contributed by atoms with Crippen LogP contribution in [-0.4, -0.2) is 12.1 Å². The Morgan fingerprint density at radius 2 is 2.21 bits per heavy atom. The zero-order valence-electron chi connectivity index (χ0n) is 10.3. The third-order valence-electron chi connectivity index (χ3n) is 2.46. The Morgan fingerprint density at radius 3 is 2.95 bits per heavy atom. The molecular weight excluding hydrogens is 263 g/mol. The molecule has 3 nitrogen and oxygen atoms in total. The molecule has 0 aliphatic heterocycles.